The molecule has 0 radical (unpaired) electrons. The molecule has 0 fully saturated rings. The monoisotopic (exact) mass is 594 g/mol. The van der Waals surface area contributed by atoms with Gasteiger partial charge in [-0.25, -0.2) is 9.37 Å². The number of carbonyl (C=O) groups excluding carboxylic acids is 2. The normalized spacial score (nSPS) is 15.1. The number of rotatable bonds is 10. The first-order valence-corrected chi connectivity index (χ1v) is 14.7. The molecule has 0 aliphatic carbocycles. The average Bonchev–Trinajstić information content (AvgIpc) is 3.62. The lowest BCUT2D eigenvalue weighted by Crippen LogP contribution is -2.31. The number of carbonyl (C=O) groups is 2. The lowest BCUT2D eigenvalue weighted by atomic mass is 9.95. The fraction of sp³-hybridized carbons (Fsp3) is 0.179. The Balaban J connectivity index is 1.51. The Hall–Kier alpha value is -3.87. The summed E-state index contributed by atoms with van der Waals surface area (Å²) in [5, 5.41) is 20.3. The van der Waals surface area contributed by atoms with E-state index in [4.69, 9.17) is 4.74 Å². The highest BCUT2D eigenvalue weighted by Crippen LogP contribution is 2.44. The molecule has 40 heavy (non-hydrogen) atoms. The van der Waals surface area contributed by atoms with Gasteiger partial charge in [-0.3, -0.25) is 14.5 Å². The van der Waals surface area contributed by atoms with Crippen molar-refractivity contribution in [3.63, 3.8) is 0 Å². The number of aliphatic hydroxyl groups is 1. The van der Waals surface area contributed by atoms with Crippen LogP contribution in [0, 0.1) is 19.7 Å². The van der Waals surface area contributed by atoms with Gasteiger partial charge >= 0.3 is 0 Å². The van der Waals surface area contributed by atoms with Crippen molar-refractivity contribution < 1.29 is 23.8 Å². The molecule has 1 amide bonds. The third-order valence-electron chi connectivity index (χ3n) is 6.04. The second-order valence-corrected chi connectivity index (χ2v) is 12.1. The van der Waals surface area contributed by atoms with Gasteiger partial charge in [-0.2, -0.15) is 0 Å². The summed E-state index contributed by atoms with van der Waals surface area (Å²) in [6.07, 6.45) is 1.62. The van der Waals surface area contributed by atoms with Crippen LogP contribution in [0.15, 0.2) is 76.9 Å². The number of aliphatic hydroxyl groups excluding tert-OH is 1. The zero-order valence-corrected chi connectivity index (χ0v) is 23.9. The minimum absolute atomic E-state index is 0.0627. The second kappa shape index (κ2) is 11.7. The predicted octanol–water partition coefficient (Wildman–Crippen LogP) is 6.39. The molecule has 1 unspecified atom stereocenters. The van der Waals surface area contributed by atoms with E-state index in [1.807, 2.05) is 0 Å². The predicted molar refractivity (Wildman–Crippen MR) is 154 cm³/mol. The molecule has 4 aromatic rings. The van der Waals surface area contributed by atoms with Crippen LogP contribution >= 0.6 is 34.4 Å². The molecule has 1 aliphatic heterocycles. The van der Waals surface area contributed by atoms with Crippen LogP contribution in [-0.2, 0) is 10.5 Å². The molecule has 5 rings (SSSR count). The van der Waals surface area contributed by atoms with Gasteiger partial charge in [-0.15, -0.1) is 21.5 Å². The minimum atomic E-state index is -0.965. The molecule has 12 heteroatoms. The van der Waals surface area contributed by atoms with Crippen molar-refractivity contribution in [2.24, 2.45) is 0 Å². The maximum Gasteiger partial charge on any atom is 0.296 e. The smallest absolute Gasteiger partial charge is 0.296 e. The third kappa shape index (κ3) is 5.42. The Morgan fingerprint density at radius 2 is 1.93 bits per heavy atom. The van der Waals surface area contributed by atoms with Crippen LogP contribution in [0.1, 0.15) is 37.5 Å². The van der Waals surface area contributed by atoms with Crippen molar-refractivity contribution in [2.75, 3.05) is 11.5 Å². The summed E-state index contributed by atoms with van der Waals surface area (Å²) in [6.45, 7) is 7.47. The van der Waals surface area contributed by atoms with Gasteiger partial charge in [0.1, 0.15) is 18.2 Å². The largest absolute Gasteiger partial charge is 0.503 e. The molecule has 8 nitrogen and oxygen atoms in total. The van der Waals surface area contributed by atoms with Crippen molar-refractivity contribution >= 4 is 51.3 Å². The molecule has 1 atom stereocenters. The van der Waals surface area contributed by atoms with Gasteiger partial charge in [0.05, 0.1) is 27.2 Å². The highest BCUT2D eigenvalue weighted by Gasteiger charge is 2.46. The van der Waals surface area contributed by atoms with Crippen LogP contribution in [0.25, 0.3) is 0 Å². The van der Waals surface area contributed by atoms with Gasteiger partial charge in [-0.1, -0.05) is 66.1 Å². The van der Waals surface area contributed by atoms with E-state index in [9.17, 15) is 19.1 Å². The van der Waals surface area contributed by atoms with E-state index >= 15 is 0 Å². The van der Waals surface area contributed by atoms with E-state index in [1.165, 1.54) is 34.1 Å². The van der Waals surface area contributed by atoms with Crippen molar-refractivity contribution in [2.45, 2.75) is 30.0 Å². The Morgan fingerprint density at radius 3 is 2.60 bits per heavy atom. The quantitative estimate of drug-likeness (QED) is 0.0975. The van der Waals surface area contributed by atoms with Gasteiger partial charge in [0.15, 0.2) is 10.1 Å². The number of ketones is 1. The van der Waals surface area contributed by atoms with Crippen molar-refractivity contribution in [1.29, 1.82) is 0 Å². The molecule has 2 aromatic carbocycles. The maximum absolute atomic E-state index is 14.1. The number of aryl methyl sites for hydroxylation is 2. The van der Waals surface area contributed by atoms with Crippen molar-refractivity contribution in [1.82, 2.24) is 15.2 Å². The van der Waals surface area contributed by atoms with Crippen molar-refractivity contribution in [3.8, 4) is 5.75 Å². The summed E-state index contributed by atoms with van der Waals surface area (Å²) < 4.78 is 20.2. The fourth-order valence-corrected chi connectivity index (χ4v) is 6.96. The number of aromatic nitrogens is 3. The first kappa shape index (κ1) is 27.7. The summed E-state index contributed by atoms with van der Waals surface area (Å²) in [6, 6.07) is 12.4. The number of thiazole rings is 1. The SMILES string of the molecule is C=CCOc1ccc(C2C(C(=O)c3sc(C)nc3C)=C(O)C(=O)N2c2nnc(SCc3ccccc3F)s2)cc1. The van der Waals surface area contributed by atoms with Crippen LogP contribution in [0.3, 0.4) is 0 Å². The number of benzene rings is 2. The summed E-state index contributed by atoms with van der Waals surface area (Å²) in [7, 11) is 0. The van der Waals surface area contributed by atoms with E-state index in [0.717, 1.165) is 11.3 Å². The Labute approximate surface area is 241 Å². The number of hydrogen-bond acceptors (Lipinski definition) is 10. The molecular weight excluding hydrogens is 572 g/mol. The molecule has 1 N–H and O–H groups in total. The topological polar surface area (TPSA) is 106 Å². The van der Waals surface area contributed by atoms with E-state index in [0.29, 0.717) is 49.2 Å². The second-order valence-electron chi connectivity index (χ2n) is 8.72. The molecule has 0 saturated carbocycles. The standard InChI is InChI=1S/C28H23FN4O4S3/c1-4-13-37-19-11-9-17(10-12-19)22-21(23(34)25-15(2)30-16(3)39-25)24(35)26(36)33(22)27-31-32-28(40-27)38-14-18-7-5-6-8-20(18)29/h4-12,22,35H,1,13-14H2,2-3H3. The fourth-order valence-electron chi connectivity index (χ4n) is 4.23. The Bertz CT molecular complexity index is 1630. The number of halogens is 1. The highest BCUT2D eigenvalue weighted by atomic mass is 32.2. The van der Waals surface area contributed by atoms with E-state index in [2.05, 4.69) is 21.8 Å². The number of hydrogen-bond donors (Lipinski definition) is 1. The summed E-state index contributed by atoms with van der Waals surface area (Å²) >= 11 is 3.60. The summed E-state index contributed by atoms with van der Waals surface area (Å²) in [5.41, 5.74) is 1.54. The van der Waals surface area contributed by atoms with Crippen LogP contribution in [0.4, 0.5) is 9.52 Å². The highest BCUT2D eigenvalue weighted by molar-refractivity contribution is 8.00. The molecule has 0 bridgehead atoms. The van der Waals surface area contributed by atoms with E-state index in [-0.39, 0.29) is 16.5 Å². The van der Waals surface area contributed by atoms with E-state index < -0.39 is 23.5 Å². The number of ether oxygens (including phenoxy) is 1. The molecule has 204 valence electrons. The summed E-state index contributed by atoms with van der Waals surface area (Å²) in [5.74, 6) is -1.31. The molecule has 1 aliphatic rings. The lowest BCUT2D eigenvalue weighted by molar-refractivity contribution is -0.117. The Kier molecular flexibility index (Phi) is 8.10. The van der Waals surface area contributed by atoms with Crippen LogP contribution in [0.5, 0.6) is 5.75 Å². The molecule has 0 spiro atoms. The maximum atomic E-state index is 14.1. The Morgan fingerprint density at radius 1 is 1.18 bits per heavy atom. The van der Waals surface area contributed by atoms with Crippen molar-refractivity contribution in [3.05, 3.63) is 105 Å². The van der Waals surface area contributed by atoms with Crippen LogP contribution in [-0.4, -0.2) is 38.6 Å². The lowest BCUT2D eigenvalue weighted by Gasteiger charge is -2.24. The molecular formula is C28H23FN4O4S3. The van der Waals surface area contributed by atoms with Gasteiger partial charge < -0.3 is 9.84 Å². The van der Waals surface area contributed by atoms with Crippen LogP contribution in [0.2, 0.25) is 0 Å². The van der Waals surface area contributed by atoms with Gasteiger partial charge in [-0.05, 0) is 43.2 Å². The number of Topliss-reactive ketones (excluding diaryl/α,β-unsaturated/α-hetero) is 1. The average molecular weight is 595 g/mol. The molecule has 0 saturated heterocycles. The van der Waals surface area contributed by atoms with Crippen LogP contribution < -0.4 is 9.64 Å². The third-order valence-corrected chi connectivity index (χ3v) is 9.21. The molecule has 3 heterocycles. The van der Waals surface area contributed by atoms with Gasteiger partial charge in [0, 0.05) is 5.75 Å². The van der Waals surface area contributed by atoms with Gasteiger partial charge in [0.25, 0.3) is 5.91 Å². The number of amides is 1. The first-order chi connectivity index (χ1) is 19.3. The number of thioether (sulfide) groups is 1. The van der Waals surface area contributed by atoms with E-state index in [1.54, 1.807) is 62.4 Å². The summed E-state index contributed by atoms with van der Waals surface area (Å²) in [4.78, 5) is 33.2. The zero-order chi connectivity index (χ0) is 28.4. The zero-order valence-electron chi connectivity index (χ0n) is 21.5. The van der Waals surface area contributed by atoms with Gasteiger partial charge in [0.2, 0.25) is 10.9 Å². The minimum Gasteiger partial charge on any atom is -0.503 e. The molecule has 2 aromatic heterocycles. The number of anilines is 1. The first-order valence-electron chi connectivity index (χ1n) is 12.1. The number of nitrogens with zero attached hydrogens (tertiary/aromatic N) is 4.